The van der Waals surface area contributed by atoms with Crippen molar-refractivity contribution in [1.29, 1.82) is 0 Å². The molecule has 1 aliphatic rings. The van der Waals surface area contributed by atoms with Gasteiger partial charge in [0, 0.05) is 38.1 Å². The van der Waals surface area contributed by atoms with Gasteiger partial charge in [-0.3, -0.25) is 0 Å². The van der Waals surface area contributed by atoms with E-state index in [-0.39, 0.29) is 12.1 Å². The van der Waals surface area contributed by atoms with Crippen molar-refractivity contribution in [2.24, 2.45) is 0 Å². The van der Waals surface area contributed by atoms with Gasteiger partial charge in [0.15, 0.2) is 0 Å². The first-order chi connectivity index (χ1) is 9.37. The molecule has 1 aromatic rings. The average Bonchev–Trinajstić information content (AvgIpc) is 2.37. The molecule has 0 spiro atoms. The van der Waals surface area contributed by atoms with Gasteiger partial charge in [-0.25, -0.2) is 14.8 Å². The van der Waals surface area contributed by atoms with Gasteiger partial charge < -0.3 is 14.5 Å². The normalized spacial score (nSPS) is 19.9. The monoisotopic (exact) mass is 278 g/mol. The summed E-state index contributed by atoms with van der Waals surface area (Å²) in [5.74, 6) is 0.712. The molecule has 0 saturated carbocycles. The van der Waals surface area contributed by atoms with E-state index in [1.807, 2.05) is 20.8 Å². The van der Waals surface area contributed by atoms with Crippen LogP contribution in [0.2, 0.25) is 0 Å². The Bertz CT molecular complexity index is 458. The van der Waals surface area contributed by atoms with Crippen LogP contribution in [0.4, 0.5) is 10.7 Å². The van der Waals surface area contributed by atoms with Gasteiger partial charge in [-0.15, -0.1) is 0 Å². The van der Waals surface area contributed by atoms with Crippen LogP contribution in [0.1, 0.15) is 27.7 Å². The Morgan fingerprint density at radius 3 is 2.50 bits per heavy atom. The molecule has 2 rings (SSSR count). The first-order valence-corrected chi connectivity index (χ1v) is 6.88. The molecule has 1 aliphatic heterocycles. The quantitative estimate of drug-likeness (QED) is 0.785. The molecule has 0 aliphatic carbocycles. The zero-order chi connectivity index (χ0) is 14.8. The number of nitrogens with zero attached hydrogens (tertiary/aromatic N) is 4. The topological polar surface area (TPSA) is 58.6 Å². The summed E-state index contributed by atoms with van der Waals surface area (Å²) in [7, 11) is 0. The molecular weight excluding hydrogens is 256 g/mol. The Hall–Kier alpha value is -1.85. The minimum Gasteiger partial charge on any atom is -0.444 e. The summed E-state index contributed by atoms with van der Waals surface area (Å²) in [5.41, 5.74) is -0.458. The number of amides is 1. The number of carbonyl (C=O) groups excluding carboxylic acids is 1. The second-order valence-electron chi connectivity index (χ2n) is 6.02. The molecule has 0 radical (unpaired) electrons. The highest BCUT2D eigenvalue weighted by atomic mass is 16.6. The van der Waals surface area contributed by atoms with Crippen LogP contribution in [-0.4, -0.2) is 52.2 Å². The first kappa shape index (κ1) is 14.6. The lowest BCUT2D eigenvalue weighted by atomic mass is 10.2. The molecule has 1 fully saturated rings. The van der Waals surface area contributed by atoms with Crippen LogP contribution in [0.15, 0.2) is 18.5 Å². The van der Waals surface area contributed by atoms with E-state index in [2.05, 4.69) is 21.8 Å². The van der Waals surface area contributed by atoms with E-state index < -0.39 is 5.60 Å². The predicted molar refractivity (Wildman–Crippen MR) is 76.6 cm³/mol. The van der Waals surface area contributed by atoms with E-state index in [1.54, 1.807) is 23.4 Å². The zero-order valence-corrected chi connectivity index (χ0v) is 12.5. The van der Waals surface area contributed by atoms with Crippen LogP contribution in [0.25, 0.3) is 0 Å². The third kappa shape index (κ3) is 3.59. The Morgan fingerprint density at radius 2 is 1.95 bits per heavy atom. The molecule has 110 valence electrons. The second-order valence-corrected chi connectivity index (χ2v) is 6.02. The Morgan fingerprint density at radius 1 is 1.30 bits per heavy atom. The highest BCUT2D eigenvalue weighted by Crippen LogP contribution is 2.17. The number of ether oxygens (including phenoxy) is 1. The summed E-state index contributed by atoms with van der Waals surface area (Å²) in [4.78, 5) is 24.4. The van der Waals surface area contributed by atoms with Gasteiger partial charge >= 0.3 is 6.09 Å². The van der Waals surface area contributed by atoms with Crippen molar-refractivity contribution in [1.82, 2.24) is 14.9 Å². The van der Waals surface area contributed by atoms with Crippen molar-refractivity contribution in [3.8, 4) is 0 Å². The summed E-state index contributed by atoms with van der Waals surface area (Å²) in [6.45, 7) is 9.65. The molecule has 0 aromatic carbocycles. The minimum atomic E-state index is -0.458. The molecule has 0 bridgehead atoms. The van der Waals surface area contributed by atoms with Crippen LogP contribution >= 0.6 is 0 Å². The van der Waals surface area contributed by atoms with Gasteiger partial charge in [-0.05, 0) is 33.8 Å². The molecule has 1 saturated heterocycles. The molecule has 1 atom stereocenters. The lowest BCUT2D eigenvalue weighted by Gasteiger charge is -2.40. The van der Waals surface area contributed by atoms with E-state index in [0.717, 1.165) is 0 Å². The Kier molecular flexibility index (Phi) is 4.11. The number of anilines is 1. The van der Waals surface area contributed by atoms with Gasteiger partial charge in [-0.2, -0.15) is 0 Å². The third-order valence-electron chi connectivity index (χ3n) is 3.09. The van der Waals surface area contributed by atoms with E-state index in [0.29, 0.717) is 25.6 Å². The minimum absolute atomic E-state index is 0.165. The average molecular weight is 278 g/mol. The van der Waals surface area contributed by atoms with Crippen LogP contribution in [0.3, 0.4) is 0 Å². The fourth-order valence-corrected chi connectivity index (χ4v) is 2.19. The van der Waals surface area contributed by atoms with Crippen molar-refractivity contribution < 1.29 is 9.53 Å². The number of hydrogen-bond acceptors (Lipinski definition) is 5. The number of carbonyl (C=O) groups is 1. The van der Waals surface area contributed by atoms with E-state index in [9.17, 15) is 4.79 Å². The van der Waals surface area contributed by atoms with E-state index in [4.69, 9.17) is 4.74 Å². The summed E-state index contributed by atoms with van der Waals surface area (Å²) in [6, 6.07) is 1.96. The largest absolute Gasteiger partial charge is 0.444 e. The van der Waals surface area contributed by atoms with Gasteiger partial charge in [0.05, 0.1) is 0 Å². The lowest BCUT2D eigenvalue weighted by Crippen LogP contribution is -2.55. The summed E-state index contributed by atoms with van der Waals surface area (Å²) in [5, 5.41) is 0. The molecule has 2 heterocycles. The van der Waals surface area contributed by atoms with Gasteiger partial charge in [0.25, 0.3) is 0 Å². The van der Waals surface area contributed by atoms with Crippen LogP contribution in [-0.2, 0) is 4.74 Å². The standard InChI is InChI=1S/C14H22N4O2/c1-11-10-17(13(19)20-14(2,3)4)8-9-18(11)12-15-6-5-7-16-12/h5-7,11H,8-10H2,1-4H3. The van der Waals surface area contributed by atoms with Crippen molar-refractivity contribution in [3.63, 3.8) is 0 Å². The van der Waals surface area contributed by atoms with Crippen molar-refractivity contribution in [2.45, 2.75) is 39.3 Å². The number of hydrogen-bond donors (Lipinski definition) is 0. The summed E-state index contributed by atoms with van der Waals surface area (Å²) in [6.07, 6.45) is 3.21. The second kappa shape index (κ2) is 5.64. The van der Waals surface area contributed by atoms with Crippen LogP contribution < -0.4 is 4.90 Å². The molecule has 6 nitrogen and oxygen atoms in total. The maximum atomic E-state index is 12.1. The zero-order valence-electron chi connectivity index (χ0n) is 12.5. The van der Waals surface area contributed by atoms with Gasteiger partial charge in [0.1, 0.15) is 5.60 Å². The smallest absolute Gasteiger partial charge is 0.410 e. The molecule has 1 amide bonds. The van der Waals surface area contributed by atoms with E-state index in [1.165, 1.54) is 0 Å². The maximum Gasteiger partial charge on any atom is 0.410 e. The molecular formula is C14H22N4O2. The molecule has 20 heavy (non-hydrogen) atoms. The highest BCUT2D eigenvalue weighted by Gasteiger charge is 2.30. The number of aromatic nitrogens is 2. The molecule has 1 aromatic heterocycles. The fourth-order valence-electron chi connectivity index (χ4n) is 2.19. The maximum absolute atomic E-state index is 12.1. The number of rotatable bonds is 1. The van der Waals surface area contributed by atoms with Crippen LogP contribution in [0, 0.1) is 0 Å². The Balaban J connectivity index is 1.97. The lowest BCUT2D eigenvalue weighted by molar-refractivity contribution is 0.0218. The highest BCUT2D eigenvalue weighted by molar-refractivity contribution is 5.68. The van der Waals surface area contributed by atoms with Crippen molar-refractivity contribution in [2.75, 3.05) is 24.5 Å². The molecule has 0 N–H and O–H groups in total. The SMILES string of the molecule is CC1CN(C(=O)OC(C)(C)C)CCN1c1ncccn1. The Labute approximate surface area is 119 Å². The summed E-state index contributed by atoms with van der Waals surface area (Å²) < 4.78 is 5.40. The fraction of sp³-hybridized carbons (Fsp3) is 0.643. The first-order valence-electron chi connectivity index (χ1n) is 6.88. The van der Waals surface area contributed by atoms with Crippen molar-refractivity contribution in [3.05, 3.63) is 18.5 Å². The van der Waals surface area contributed by atoms with Crippen molar-refractivity contribution >= 4 is 12.0 Å². The third-order valence-corrected chi connectivity index (χ3v) is 3.09. The van der Waals surface area contributed by atoms with E-state index >= 15 is 0 Å². The predicted octanol–water partition coefficient (Wildman–Crippen LogP) is 1.92. The van der Waals surface area contributed by atoms with Gasteiger partial charge in [-0.1, -0.05) is 0 Å². The molecule has 6 heteroatoms. The van der Waals surface area contributed by atoms with Crippen LogP contribution in [0.5, 0.6) is 0 Å². The molecule has 1 unspecified atom stereocenters. The summed E-state index contributed by atoms with van der Waals surface area (Å²) >= 11 is 0. The number of piperazine rings is 1. The van der Waals surface area contributed by atoms with Gasteiger partial charge in [0.2, 0.25) is 5.95 Å².